The molecule has 0 fully saturated rings. The number of hydrogen-bond donors (Lipinski definition) is 2. The molecule has 19 heavy (non-hydrogen) atoms. The third-order valence-electron chi connectivity index (χ3n) is 3.01. The van der Waals surface area contributed by atoms with Gasteiger partial charge in [0.05, 0.1) is 6.04 Å². The summed E-state index contributed by atoms with van der Waals surface area (Å²) in [4.78, 5) is 2.54. The summed E-state index contributed by atoms with van der Waals surface area (Å²) in [5, 5.41) is 0. The summed E-state index contributed by atoms with van der Waals surface area (Å²) in [7, 11) is 0. The Morgan fingerprint density at radius 3 is 2.68 bits per heavy atom. The van der Waals surface area contributed by atoms with E-state index < -0.39 is 0 Å². The Balaban J connectivity index is 2.22. The molecule has 2 aromatic rings. The Labute approximate surface area is 124 Å². The average molecular weight is 343 g/mol. The first-order valence-corrected chi connectivity index (χ1v) is 7.73. The van der Waals surface area contributed by atoms with E-state index in [-0.39, 0.29) is 11.9 Å². The van der Waals surface area contributed by atoms with Crippen LogP contribution in [0.5, 0.6) is 0 Å². The van der Waals surface area contributed by atoms with E-state index in [1.807, 2.05) is 0 Å². The van der Waals surface area contributed by atoms with E-state index in [2.05, 4.69) is 40.4 Å². The van der Waals surface area contributed by atoms with Crippen LogP contribution < -0.4 is 11.3 Å². The van der Waals surface area contributed by atoms with Crippen LogP contribution in [0.1, 0.15) is 28.3 Å². The molecule has 3 N–H and O–H groups in total. The first kappa shape index (κ1) is 14.7. The molecular formula is C14H16BrFN2S. The highest BCUT2D eigenvalue weighted by Gasteiger charge is 2.16. The van der Waals surface area contributed by atoms with Gasteiger partial charge in [0.15, 0.2) is 0 Å². The number of aryl methyl sites for hydroxylation is 1. The molecule has 0 aliphatic rings. The summed E-state index contributed by atoms with van der Waals surface area (Å²) < 4.78 is 14.7. The van der Waals surface area contributed by atoms with Crippen LogP contribution in [0.25, 0.3) is 0 Å². The Kier molecular flexibility index (Phi) is 5.10. The number of thiophene rings is 1. The molecule has 1 atom stereocenters. The van der Waals surface area contributed by atoms with E-state index in [9.17, 15) is 4.39 Å². The Morgan fingerprint density at radius 2 is 2.05 bits per heavy atom. The van der Waals surface area contributed by atoms with Crippen molar-refractivity contribution in [1.29, 1.82) is 0 Å². The molecule has 0 bridgehead atoms. The first-order valence-electron chi connectivity index (χ1n) is 6.12. The lowest BCUT2D eigenvalue weighted by molar-refractivity contribution is 0.512. The number of rotatable bonds is 5. The number of benzene rings is 1. The van der Waals surface area contributed by atoms with Crippen molar-refractivity contribution in [2.45, 2.75) is 25.8 Å². The van der Waals surface area contributed by atoms with Gasteiger partial charge in [-0.2, -0.15) is 0 Å². The molecule has 0 saturated carbocycles. The van der Waals surface area contributed by atoms with Crippen LogP contribution in [0.4, 0.5) is 4.39 Å². The maximum atomic E-state index is 13.9. The predicted octanol–water partition coefficient (Wildman–Crippen LogP) is 3.96. The molecule has 0 aliphatic heterocycles. The first-order chi connectivity index (χ1) is 9.13. The van der Waals surface area contributed by atoms with Crippen molar-refractivity contribution < 1.29 is 4.39 Å². The van der Waals surface area contributed by atoms with Gasteiger partial charge in [-0.05, 0) is 36.8 Å². The SMILES string of the molecule is CCc1ccc(CC(NN)c2cc(Br)ccc2F)s1. The highest BCUT2D eigenvalue weighted by molar-refractivity contribution is 9.10. The second-order valence-corrected chi connectivity index (χ2v) is 6.48. The lowest BCUT2D eigenvalue weighted by atomic mass is 10.0. The molecule has 0 amide bonds. The highest BCUT2D eigenvalue weighted by Crippen LogP contribution is 2.27. The Hall–Kier alpha value is -0.750. The zero-order valence-electron chi connectivity index (χ0n) is 10.6. The summed E-state index contributed by atoms with van der Waals surface area (Å²) in [6, 6.07) is 8.89. The third kappa shape index (κ3) is 3.63. The van der Waals surface area contributed by atoms with E-state index >= 15 is 0 Å². The van der Waals surface area contributed by atoms with Crippen LogP contribution in [0, 0.1) is 5.82 Å². The van der Waals surface area contributed by atoms with Gasteiger partial charge in [-0.25, -0.2) is 4.39 Å². The molecule has 2 nitrogen and oxygen atoms in total. The van der Waals surface area contributed by atoms with Gasteiger partial charge < -0.3 is 0 Å². The summed E-state index contributed by atoms with van der Waals surface area (Å²) >= 11 is 5.11. The molecule has 102 valence electrons. The summed E-state index contributed by atoms with van der Waals surface area (Å²) in [6.45, 7) is 2.13. The van der Waals surface area contributed by atoms with E-state index in [1.54, 1.807) is 23.5 Å². The van der Waals surface area contributed by atoms with E-state index in [1.165, 1.54) is 15.8 Å². The van der Waals surface area contributed by atoms with Gasteiger partial charge in [-0.1, -0.05) is 22.9 Å². The quantitative estimate of drug-likeness (QED) is 0.637. The van der Waals surface area contributed by atoms with Crippen LogP contribution in [0.2, 0.25) is 0 Å². The van der Waals surface area contributed by atoms with Crippen molar-refractivity contribution in [3.8, 4) is 0 Å². The van der Waals surface area contributed by atoms with E-state index in [0.29, 0.717) is 12.0 Å². The van der Waals surface area contributed by atoms with Crippen LogP contribution >= 0.6 is 27.3 Å². The molecule has 1 heterocycles. The monoisotopic (exact) mass is 342 g/mol. The maximum Gasteiger partial charge on any atom is 0.128 e. The average Bonchev–Trinajstić information content (AvgIpc) is 2.87. The molecule has 0 spiro atoms. The predicted molar refractivity (Wildman–Crippen MR) is 81.6 cm³/mol. The smallest absolute Gasteiger partial charge is 0.128 e. The molecule has 0 radical (unpaired) electrons. The number of halogens is 2. The van der Waals surface area contributed by atoms with E-state index in [4.69, 9.17) is 5.84 Å². The van der Waals surface area contributed by atoms with Crippen molar-refractivity contribution in [1.82, 2.24) is 5.43 Å². The molecule has 1 aromatic heterocycles. The molecule has 0 aliphatic carbocycles. The molecule has 2 rings (SSSR count). The fourth-order valence-electron chi connectivity index (χ4n) is 1.96. The summed E-state index contributed by atoms with van der Waals surface area (Å²) in [6.07, 6.45) is 1.71. The van der Waals surface area contributed by atoms with Gasteiger partial charge in [0.25, 0.3) is 0 Å². The zero-order valence-corrected chi connectivity index (χ0v) is 13.0. The highest BCUT2D eigenvalue weighted by atomic mass is 79.9. The molecule has 5 heteroatoms. The maximum absolute atomic E-state index is 13.9. The lowest BCUT2D eigenvalue weighted by Gasteiger charge is -2.16. The van der Waals surface area contributed by atoms with Gasteiger partial charge in [-0.3, -0.25) is 11.3 Å². The number of hydrogen-bond acceptors (Lipinski definition) is 3. The van der Waals surface area contributed by atoms with Crippen molar-refractivity contribution in [3.05, 3.63) is 55.9 Å². The van der Waals surface area contributed by atoms with Crippen molar-refractivity contribution >= 4 is 27.3 Å². The minimum atomic E-state index is -0.238. The molecular weight excluding hydrogens is 327 g/mol. The van der Waals surface area contributed by atoms with Gasteiger partial charge in [-0.15, -0.1) is 11.3 Å². The number of hydrazine groups is 1. The van der Waals surface area contributed by atoms with Crippen LogP contribution in [0.3, 0.4) is 0 Å². The zero-order chi connectivity index (χ0) is 13.8. The second-order valence-electron chi connectivity index (χ2n) is 4.31. The molecule has 0 saturated heterocycles. The second kappa shape index (κ2) is 6.61. The summed E-state index contributed by atoms with van der Waals surface area (Å²) in [5.74, 6) is 5.35. The standard InChI is InChI=1S/C14H16BrFN2S/c1-2-10-4-5-11(19-10)8-14(18-17)12-7-9(15)3-6-13(12)16/h3-7,14,18H,2,8,17H2,1H3. The largest absolute Gasteiger partial charge is 0.271 e. The van der Waals surface area contributed by atoms with Gasteiger partial charge >= 0.3 is 0 Å². The van der Waals surface area contributed by atoms with Crippen LogP contribution in [0.15, 0.2) is 34.8 Å². The summed E-state index contributed by atoms with van der Waals surface area (Å²) in [5.41, 5.74) is 3.29. The fourth-order valence-corrected chi connectivity index (χ4v) is 3.35. The number of nitrogens with two attached hydrogens (primary N) is 1. The third-order valence-corrected chi connectivity index (χ3v) is 4.75. The van der Waals surface area contributed by atoms with Crippen LogP contribution in [-0.4, -0.2) is 0 Å². The topological polar surface area (TPSA) is 38.0 Å². The van der Waals surface area contributed by atoms with Crippen molar-refractivity contribution in [3.63, 3.8) is 0 Å². The normalized spacial score (nSPS) is 12.6. The Bertz CT molecular complexity index is 556. The van der Waals surface area contributed by atoms with E-state index in [0.717, 1.165) is 10.9 Å². The van der Waals surface area contributed by atoms with Gasteiger partial charge in [0, 0.05) is 26.2 Å². The Morgan fingerprint density at radius 1 is 1.32 bits per heavy atom. The van der Waals surface area contributed by atoms with Gasteiger partial charge in [0.1, 0.15) is 5.82 Å². The van der Waals surface area contributed by atoms with Crippen molar-refractivity contribution in [2.75, 3.05) is 0 Å². The van der Waals surface area contributed by atoms with Crippen LogP contribution in [-0.2, 0) is 12.8 Å². The van der Waals surface area contributed by atoms with Gasteiger partial charge in [0.2, 0.25) is 0 Å². The lowest BCUT2D eigenvalue weighted by Crippen LogP contribution is -2.30. The fraction of sp³-hybridized carbons (Fsp3) is 0.286. The number of nitrogens with one attached hydrogen (secondary N) is 1. The minimum absolute atomic E-state index is 0.221. The molecule has 1 unspecified atom stereocenters. The van der Waals surface area contributed by atoms with Crippen molar-refractivity contribution in [2.24, 2.45) is 5.84 Å². The minimum Gasteiger partial charge on any atom is -0.271 e. The molecule has 1 aromatic carbocycles.